The zero-order valence-electron chi connectivity index (χ0n) is 13.5. The molecule has 1 aromatic rings. The molecule has 2 aliphatic heterocycles. The summed E-state index contributed by atoms with van der Waals surface area (Å²) in [4.78, 5) is 22.9. The van der Waals surface area contributed by atoms with Crippen LogP contribution in [0.3, 0.4) is 0 Å². The average molecular weight is 307 g/mol. The van der Waals surface area contributed by atoms with Gasteiger partial charge in [0.2, 0.25) is 5.91 Å². The number of nitrogens with zero attached hydrogens (tertiary/aromatic N) is 3. The maximum atomic E-state index is 12.5. The number of aromatic nitrogens is 1. The first kappa shape index (κ1) is 15.0. The molecule has 3 rings (SSSR count). The molecule has 1 spiro atoms. The summed E-state index contributed by atoms with van der Waals surface area (Å²) in [5, 5.41) is 1.14. The van der Waals surface area contributed by atoms with Crippen LogP contribution in [0.2, 0.25) is 0 Å². The van der Waals surface area contributed by atoms with Crippen LogP contribution in [0.5, 0.6) is 0 Å². The Balaban J connectivity index is 1.67. The van der Waals surface area contributed by atoms with Crippen LogP contribution in [-0.4, -0.2) is 46.4 Å². The minimum atomic E-state index is -0.0871. The predicted octanol–water partition coefficient (Wildman–Crippen LogP) is 2.59. The maximum absolute atomic E-state index is 12.5. The number of amides is 1. The quantitative estimate of drug-likeness (QED) is 0.805. The Bertz CT molecular complexity index is 554. The number of hydrogen-bond acceptors (Lipinski definition) is 4. The molecule has 2 saturated heterocycles. The fourth-order valence-electron chi connectivity index (χ4n) is 3.69. The van der Waals surface area contributed by atoms with E-state index in [-0.39, 0.29) is 5.41 Å². The number of carbonyl (C=O) groups excluding carboxylic acids is 1. The zero-order chi connectivity index (χ0) is 15.2. The van der Waals surface area contributed by atoms with Gasteiger partial charge in [-0.15, -0.1) is 11.3 Å². The fourth-order valence-corrected chi connectivity index (χ4v) is 4.66. The summed E-state index contributed by atoms with van der Waals surface area (Å²) in [6.45, 7) is 12.3. The topological polar surface area (TPSA) is 36.4 Å². The number of β-lactam (4-membered cyclic amide) rings is 1. The summed E-state index contributed by atoms with van der Waals surface area (Å²) >= 11 is 1.79. The van der Waals surface area contributed by atoms with Gasteiger partial charge in [0.25, 0.3) is 0 Å². The van der Waals surface area contributed by atoms with Crippen LogP contribution in [0.15, 0.2) is 0 Å². The molecule has 0 aliphatic carbocycles. The van der Waals surface area contributed by atoms with Crippen LogP contribution < -0.4 is 0 Å². The third kappa shape index (κ3) is 2.61. The first-order valence-electron chi connectivity index (χ1n) is 7.88. The lowest BCUT2D eigenvalue weighted by atomic mass is 9.71. The van der Waals surface area contributed by atoms with Crippen molar-refractivity contribution in [2.45, 2.75) is 53.1 Å². The van der Waals surface area contributed by atoms with Gasteiger partial charge in [-0.05, 0) is 47.1 Å². The molecule has 5 heteroatoms. The number of thiazole rings is 1. The second kappa shape index (κ2) is 5.36. The highest BCUT2D eigenvalue weighted by molar-refractivity contribution is 7.11. The Morgan fingerprint density at radius 2 is 2.10 bits per heavy atom. The number of aryl methyl sites for hydroxylation is 2. The van der Waals surface area contributed by atoms with E-state index in [1.807, 2.05) is 4.90 Å². The lowest BCUT2D eigenvalue weighted by Crippen LogP contribution is -2.68. The summed E-state index contributed by atoms with van der Waals surface area (Å²) in [5.74, 6) is 0.374. The molecule has 1 atom stereocenters. The van der Waals surface area contributed by atoms with Crippen LogP contribution >= 0.6 is 11.3 Å². The zero-order valence-corrected chi connectivity index (χ0v) is 14.3. The molecule has 1 aromatic heterocycles. The Morgan fingerprint density at radius 3 is 2.67 bits per heavy atom. The standard InChI is InChI=1S/C16H25N3OS/c1-11(2)19-10-16(15(19)20)6-5-7-18(9-16)8-14-12(3)17-13(4)21-14/h11H,5-10H2,1-4H3/t16-/m0/s1. The lowest BCUT2D eigenvalue weighted by Gasteiger charge is -2.54. The van der Waals surface area contributed by atoms with Gasteiger partial charge in [-0.3, -0.25) is 9.69 Å². The molecular weight excluding hydrogens is 282 g/mol. The first-order chi connectivity index (χ1) is 9.91. The van der Waals surface area contributed by atoms with Crippen molar-refractivity contribution in [3.63, 3.8) is 0 Å². The van der Waals surface area contributed by atoms with Gasteiger partial charge in [-0.1, -0.05) is 0 Å². The molecule has 2 aliphatic rings. The molecule has 0 bridgehead atoms. The highest BCUT2D eigenvalue weighted by Gasteiger charge is 2.54. The summed E-state index contributed by atoms with van der Waals surface area (Å²) in [6.07, 6.45) is 2.20. The van der Waals surface area contributed by atoms with E-state index >= 15 is 0 Å². The molecule has 0 radical (unpaired) electrons. The van der Waals surface area contributed by atoms with Crippen molar-refractivity contribution in [1.82, 2.24) is 14.8 Å². The van der Waals surface area contributed by atoms with Gasteiger partial charge < -0.3 is 4.90 Å². The third-order valence-electron chi connectivity index (χ3n) is 4.83. The van der Waals surface area contributed by atoms with Gasteiger partial charge in [-0.2, -0.15) is 0 Å². The molecule has 0 unspecified atom stereocenters. The van der Waals surface area contributed by atoms with Crippen molar-refractivity contribution >= 4 is 17.2 Å². The number of carbonyl (C=O) groups is 1. The second-order valence-corrected chi connectivity index (χ2v) is 8.15. The minimum Gasteiger partial charge on any atom is -0.339 e. The van der Waals surface area contributed by atoms with E-state index in [1.54, 1.807) is 11.3 Å². The molecular formula is C16H25N3OS. The molecule has 0 aromatic carbocycles. The first-order valence-corrected chi connectivity index (χ1v) is 8.69. The molecule has 21 heavy (non-hydrogen) atoms. The largest absolute Gasteiger partial charge is 0.339 e. The van der Waals surface area contributed by atoms with E-state index in [1.165, 1.54) is 4.88 Å². The second-order valence-electron chi connectivity index (χ2n) is 6.86. The molecule has 0 N–H and O–H groups in total. The lowest BCUT2D eigenvalue weighted by molar-refractivity contribution is -0.169. The van der Waals surface area contributed by atoms with Crippen LogP contribution in [0.4, 0.5) is 0 Å². The van der Waals surface area contributed by atoms with Crippen molar-refractivity contribution in [1.29, 1.82) is 0 Å². The number of piperidine rings is 1. The predicted molar refractivity (Wildman–Crippen MR) is 85.4 cm³/mol. The van der Waals surface area contributed by atoms with Gasteiger partial charge in [0, 0.05) is 30.6 Å². The number of hydrogen-bond donors (Lipinski definition) is 0. The van der Waals surface area contributed by atoms with Crippen molar-refractivity contribution in [2.24, 2.45) is 5.41 Å². The fraction of sp³-hybridized carbons (Fsp3) is 0.750. The van der Waals surface area contributed by atoms with Crippen molar-refractivity contribution in [2.75, 3.05) is 19.6 Å². The Kier molecular flexibility index (Phi) is 3.82. The average Bonchev–Trinajstić information content (AvgIpc) is 2.74. The molecule has 2 fully saturated rings. The van der Waals surface area contributed by atoms with Crippen LogP contribution in [0.1, 0.15) is 42.3 Å². The van der Waals surface area contributed by atoms with E-state index in [9.17, 15) is 4.79 Å². The van der Waals surface area contributed by atoms with E-state index in [0.717, 1.165) is 49.7 Å². The molecule has 0 saturated carbocycles. The molecule has 4 nitrogen and oxygen atoms in total. The Hall–Kier alpha value is -0.940. The van der Waals surface area contributed by atoms with Crippen molar-refractivity contribution in [3.8, 4) is 0 Å². The number of likely N-dealkylation sites (tertiary alicyclic amines) is 2. The highest BCUT2D eigenvalue weighted by Crippen LogP contribution is 2.41. The smallest absolute Gasteiger partial charge is 0.232 e. The Morgan fingerprint density at radius 1 is 1.33 bits per heavy atom. The summed E-state index contributed by atoms with van der Waals surface area (Å²) < 4.78 is 0. The monoisotopic (exact) mass is 307 g/mol. The minimum absolute atomic E-state index is 0.0871. The van der Waals surface area contributed by atoms with E-state index in [4.69, 9.17) is 0 Å². The molecule has 3 heterocycles. The SMILES string of the molecule is Cc1nc(C)c(CN2CCC[C@]3(C2)CN(C(C)C)C3=O)s1. The summed E-state index contributed by atoms with van der Waals surface area (Å²) in [5.41, 5.74) is 1.07. The van der Waals surface area contributed by atoms with Gasteiger partial charge in [-0.25, -0.2) is 4.98 Å². The normalized spacial score (nSPS) is 26.7. The summed E-state index contributed by atoms with van der Waals surface area (Å²) in [6, 6.07) is 0.338. The van der Waals surface area contributed by atoms with E-state index in [0.29, 0.717) is 11.9 Å². The third-order valence-corrected chi connectivity index (χ3v) is 5.89. The van der Waals surface area contributed by atoms with Crippen LogP contribution in [0.25, 0.3) is 0 Å². The molecule has 1 amide bonds. The number of rotatable bonds is 3. The van der Waals surface area contributed by atoms with Gasteiger partial charge in [0.05, 0.1) is 16.1 Å². The van der Waals surface area contributed by atoms with Crippen LogP contribution in [-0.2, 0) is 11.3 Å². The van der Waals surface area contributed by atoms with Crippen molar-refractivity contribution < 1.29 is 4.79 Å². The highest BCUT2D eigenvalue weighted by atomic mass is 32.1. The Labute approximate surface area is 131 Å². The molecule has 116 valence electrons. The van der Waals surface area contributed by atoms with E-state index in [2.05, 4.69) is 37.6 Å². The van der Waals surface area contributed by atoms with Crippen LogP contribution in [0, 0.1) is 19.3 Å². The maximum Gasteiger partial charge on any atom is 0.232 e. The van der Waals surface area contributed by atoms with E-state index < -0.39 is 0 Å². The summed E-state index contributed by atoms with van der Waals surface area (Å²) in [7, 11) is 0. The van der Waals surface area contributed by atoms with Gasteiger partial charge >= 0.3 is 0 Å². The van der Waals surface area contributed by atoms with Gasteiger partial charge in [0.1, 0.15) is 0 Å². The van der Waals surface area contributed by atoms with Crippen molar-refractivity contribution in [3.05, 3.63) is 15.6 Å². The van der Waals surface area contributed by atoms with Gasteiger partial charge in [0.15, 0.2) is 0 Å².